The van der Waals surface area contributed by atoms with Gasteiger partial charge in [-0.1, -0.05) is 36.4 Å². The van der Waals surface area contributed by atoms with Crippen molar-refractivity contribution in [2.45, 2.75) is 32.7 Å². The van der Waals surface area contributed by atoms with E-state index in [1.807, 2.05) is 56.3 Å². The van der Waals surface area contributed by atoms with Crippen LogP contribution < -0.4 is 15.5 Å². The van der Waals surface area contributed by atoms with Gasteiger partial charge in [-0.3, -0.25) is 4.79 Å². The molecule has 1 atom stereocenters. The number of rotatable bonds is 5. The number of hydrogen-bond donors (Lipinski definition) is 2. The van der Waals surface area contributed by atoms with Crippen molar-refractivity contribution in [3.8, 4) is 0 Å². The lowest BCUT2D eigenvalue weighted by atomic mass is 10.1. The summed E-state index contributed by atoms with van der Waals surface area (Å²) in [5.74, 6) is -0.0480. The fourth-order valence-electron chi connectivity index (χ4n) is 3.35. The van der Waals surface area contributed by atoms with Crippen molar-refractivity contribution in [3.63, 3.8) is 0 Å². The van der Waals surface area contributed by atoms with Crippen LogP contribution in [-0.4, -0.2) is 31.1 Å². The minimum atomic E-state index is -0.465. The maximum Gasteiger partial charge on any atom is 0.315 e. The summed E-state index contributed by atoms with van der Waals surface area (Å²) in [5, 5.41) is 5.63. The summed E-state index contributed by atoms with van der Waals surface area (Å²) in [6, 6.07) is 15.3. The van der Waals surface area contributed by atoms with Gasteiger partial charge in [0.05, 0.1) is 0 Å². The van der Waals surface area contributed by atoms with Crippen molar-refractivity contribution < 1.29 is 9.59 Å². The minimum absolute atomic E-state index is 0.0480. The summed E-state index contributed by atoms with van der Waals surface area (Å²) < 4.78 is 0. The Balaban J connectivity index is 1.51. The van der Waals surface area contributed by atoms with Crippen LogP contribution in [0.2, 0.25) is 0 Å². The van der Waals surface area contributed by atoms with E-state index in [2.05, 4.69) is 16.7 Å². The average molecular weight is 351 g/mol. The number of anilines is 1. The molecule has 0 aliphatic carbocycles. The third kappa shape index (κ3) is 4.42. The van der Waals surface area contributed by atoms with Gasteiger partial charge in [0.1, 0.15) is 6.04 Å². The number of urea groups is 1. The zero-order chi connectivity index (χ0) is 18.5. The van der Waals surface area contributed by atoms with E-state index in [9.17, 15) is 9.59 Å². The summed E-state index contributed by atoms with van der Waals surface area (Å²) in [5.41, 5.74) is 4.33. The zero-order valence-electron chi connectivity index (χ0n) is 15.3. The molecular weight excluding hydrogens is 326 g/mol. The fraction of sp³-hybridized carbons (Fsp3) is 0.333. The van der Waals surface area contributed by atoms with Gasteiger partial charge in [-0.2, -0.15) is 0 Å². The van der Waals surface area contributed by atoms with Crippen molar-refractivity contribution in [2.75, 3.05) is 18.0 Å². The van der Waals surface area contributed by atoms with E-state index in [1.165, 1.54) is 5.56 Å². The van der Waals surface area contributed by atoms with Crippen LogP contribution in [-0.2, 0) is 11.2 Å². The second kappa shape index (κ2) is 8.04. The largest absolute Gasteiger partial charge is 0.338 e. The molecule has 0 unspecified atom stereocenters. The van der Waals surface area contributed by atoms with Crippen LogP contribution in [0.3, 0.4) is 0 Å². The van der Waals surface area contributed by atoms with E-state index in [1.54, 1.807) is 4.90 Å². The molecule has 2 aromatic rings. The second-order valence-electron chi connectivity index (χ2n) is 6.81. The molecule has 2 N–H and O–H groups in total. The average Bonchev–Trinajstić information content (AvgIpc) is 2.95. The number of hydrogen-bond acceptors (Lipinski definition) is 2. The van der Waals surface area contributed by atoms with Gasteiger partial charge in [0, 0.05) is 18.8 Å². The van der Waals surface area contributed by atoms with Crippen LogP contribution in [0, 0.1) is 13.8 Å². The number of nitrogens with one attached hydrogen (secondary N) is 2. The first kappa shape index (κ1) is 18.0. The highest BCUT2D eigenvalue weighted by Crippen LogP contribution is 2.24. The predicted molar refractivity (Wildman–Crippen MR) is 103 cm³/mol. The molecule has 1 aliphatic heterocycles. The molecule has 136 valence electrons. The van der Waals surface area contributed by atoms with Crippen molar-refractivity contribution in [3.05, 3.63) is 65.2 Å². The molecule has 0 aromatic heterocycles. The molecule has 3 amide bonds. The van der Waals surface area contributed by atoms with Crippen LogP contribution in [0.5, 0.6) is 0 Å². The van der Waals surface area contributed by atoms with Crippen molar-refractivity contribution in [1.82, 2.24) is 10.6 Å². The molecule has 5 nitrogen and oxygen atoms in total. The quantitative estimate of drug-likeness (QED) is 0.870. The summed E-state index contributed by atoms with van der Waals surface area (Å²) in [7, 11) is 0. The van der Waals surface area contributed by atoms with E-state index in [0.29, 0.717) is 19.5 Å². The lowest BCUT2D eigenvalue weighted by molar-refractivity contribution is -0.118. The van der Waals surface area contributed by atoms with E-state index < -0.39 is 6.04 Å². The Kier molecular flexibility index (Phi) is 5.56. The first-order valence-corrected chi connectivity index (χ1v) is 9.01. The molecule has 26 heavy (non-hydrogen) atoms. The molecule has 1 saturated heterocycles. The van der Waals surface area contributed by atoms with Gasteiger partial charge in [0.25, 0.3) is 0 Å². The molecule has 0 spiro atoms. The highest BCUT2D eigenvalue weighted by atomic mass is 16.2. The van der Waals surface area contributed by atoms with E-state index >= 15 is 0 Å². The Bertz CT molecular complexity index is 769. The number of benzene rings is 2. The van der Waals surface area contributed by atoms with Crippen LogP contribution in [0.25, 0.3) is 0 Å². The first-order valence-electron chi connectivity index (χ1n) is 9.01. The number of carbonyl (C=O) groups is 2. The Morgan fingerprint density at radius 1 is 1.12 bits per heavy atom. The summed E-state index contributed by atoms with van der Waals surface area (Å²) in [6.45, 7) is 5.20. The van der Waals surface area contributed by atoms with Crippen LogP contribution >= 0.6 is 0 Å². The molecule has 1 aliphatic rings. The second-order valence-corrected chi connectivity index (χ2v) is 6.81. The minimum Gasteiger partial charge on any atom is -0.338 e. The lowest BCUT2D eigenvalue weighted by Crippen LogP contribution is -2.46. The molecule has 1 fully saturated rings. The number of carbonyl (C=O) groups excluding carboxylic acids is 2. The Labute approximate surface area is 154 Å². The molecule has 0 bridgehead atoms. The fourth-order valence-corrected chi connectivity index (χ4v) is 3.35. The van der Waals surface area contributed by atoms with Crippen molar-refractivity contribution >= 4 is 17.6 Å². The van der Waals surface area contributed by atoms with Gasteiger partial charge in [0.15, 0.2) is 0 Å². The number of nitrogens with zero attached hydrogens (tertiary/aromatic N) is 1. The predicted octanol–water partition coefficient (Wildman–Crippen LogP) is 2.95. The Hall–Kier alpha value is -2.82. The van der Waals surface area contributed by atoms with Crippen molar-refractivity contribution in [2.24, 2.45) is 0 Å². The monoisotopic (exact) mass is 351 g/mol. The molecular formula is C21H25N3O2. The number of amides is 3. The maximum absolute atomic E-state index is 12.6. The topological polar surface area (TPSA) is 61.4 Å². The lowest BCUT2D eigenvalue weighted by Gasteiger charge is -2.18. The normalized spacial score (nSPS) is 16.6. The Morgan fingerprint density at radius 2 is 1.81 bits per heavy atom. The molecule has 5 heteroatoms. The van der Waals surface area contributed by atoms with Gasteiger partial charge in [0.2, 0.25) is 5.91 Å². The third-order valence-electron chi connectivity index (χ3n) is 4.57. The smallest absolute Gasteiger partial charge is 0.315 e. The summed E-state index contributed by atoms with van der Waals surface area (Å²) in [6.07, 6.45) is 1.39. The van der Waals surface area contributed by atoms with E-state index in [0.717, 1.165) is 23.2 Å². The highest BCUT2D eigenvalue weighted by Gasteiger charge is 2.33. The molecule has 3 rings (SSSR count). The standard InChI is InChI=1S/C21H25N3O2/c1-15-12-16(2)14-18(13-15)24-11-9-19(20(24)25)23-21(26)22-10-8-17-6-4-3-5-7-17/h3-7,12-14,19H,8-11H2,1-2H3,(H2,22,23,26)/t19-/m0/s1. The van der Waals surface area contributed by atoms with Gasteiger partial charge >= 0.3 is 6.03 Å². The summed E-state index contributed by atoms with van der Waals surface area (Å²) >= 11 is 0. The summed E-state index contributed by atoms with van der Waals surface area (Å²) in [4.78, 5) is 26.5. The molecule has 0 radical (unpaired) electrons. The van der Waals surface area contributed by atoms with Crippen LogP contribution in [0.15, 0.2) is 48.5 Å². The molecule has 0 saturated carbocycles. The molecule has 1 heterocycles. The van der Waals surface area contributed by atoms with Gasteiger partial charge in [-0.05, 0) is 55.5 Å². The van der Waals surface area contributed by atoms with E-state index in [-0.39, 0.29) is 11.9 Å². The SMILES string of the molecule is Cc1cc(C)cc(N2CC[C@H](NC(=O)NCCc3ccccc3)C2=O)c1. The van der Waals surface area contributed by atoms with E-state index in [4.69, 9.17) is 0 Å². The first-order chi connectivity index (χ1) is 12.5. The maximum atomic E-state index is 12.6. The zero-order valence-corrected chi connectivity index (χ0v) is 15.3. The van der Waals surface area contributed by atoms with Gasteiger partial charge in [-0.25, -0.2) is 4.79 Å². The Morgan fingerprint density at radius 3 is 2.50 bits per heavy atom. The van der Waals surface area contributed by atoms with Gasteiger partial charge in [-0.15, -0.1) is 0 Å². The third-order valence-corrected chi connectivity index (χ3v) is 4.57. The van der Waals surface area contributed by atoms with Gasteiger partial charge < -0.3 is 15.5 Å². The van der Waals surface area contributed by atoms with Crippen LogP contribution in [0.4, 0.5) is 10.5 Å². The van der Waals surface area contributed by atoms with Crippen LogP contribution in [0.1, 0.15) is 23.1 Å². The number of aryl methyl sites for hydroxylation is 2. The highest BCUT2D eigenvalue weighted by molar-refractivity contribution is 6.01. The molecule has 2 aromatic carbocycles. The van der Waals surface area contributed by atoms with Crippen molar-refractivity contribution in [1.29, 1.82) is 0 Å².